The van der Waals surface area contributed by atoms with Gasteiger partial charge in [-0.2, -0.15) is 9.97 Å². The Morgan fingerprint density at radius 1 is 1.27 bits per heavy atom. The molecule has 4 N–H and O–H groups in total. The first-order valence-corrected chi connectivity index (χ1v) is 11.7. The van der Waals surface area contributed by atoms with E-state index in [1.165, 1.54) is 6.33 Å². The van der Waals surface area contributed by atoms with Gasteiger partial charge in [0.1, 0.15) is 6.23 Å². The number of carboxylic acids is 2. The third kappa shape index (κ3) is 5.35. The number of anilines is 1. The molecule has 1 aliphatic rings. The summed E-state index contributed by atoms with van der Waals surface area (Å²) in [6, 6.07) is 8.34. The molecule has 0 amide bonds. The van der Waals surface area contributed by atoms with Gasteiger partial charge in [0.05, 0.1) is 31.6 Å². The number of halogens is 1. The Hall–Kier alpha value is -3.76. The van der Waals surface area contributed by atoms with Crippen LogP contribution in [-0.2, 0) is 25.5 Å². The number of aromatic nitrogens is 4. The van der Waals surface area contributed by atoms with E-state index in [0.717, 1.165) is 0 Å². The summed E-state index contributed by atoms with van der Waals surface area (Å²) in [5, 5.41) is 31.7. The number of hydrogen-bond acceptors (Lipinski definition) is 9. The number of carboxylic acid groups (broad SMARTS) is 2. The van der Waals surface area contributed by atoms with Gasteiger partial charge in [0.2, 0.25) is 5.28 Å². The Balaban J connectivity index is 1.56. The summed E-state index contributed by atoms with van der Waals surface area (Å²) in [5.74, 6) is -0.826. The molecular weight excluding hydrogens is 506 g/mol. The van der Waals surface area contributed by atoms with Crippen LogP contribution < -0.4 is 5.32 Å². The molecule has 2 aromatic heterocycles. The second kappa shape index (κ2) is 11.1. The molecule has 37 heavy (non-hydrogen) atoms. The number of ether oxygens (including phenoxy) is 2. The van der Waals surface area contributed by atoms with E-state index in [2.05, 4.69) is 26.2 Å². The van der Waals surface area contributed by atoms with E-state index in [-0.39, 0.29) is 31.5 Å². The minimum atomic E-state index is -2.53. The highest BCUT2D eigenvalue weighted by Gasteiger charge is 2.50. The summed E-state index contributed by atoms with van der Waals surface area (Å²) in [6.45, 7) is -0.270. The number of terminal acetylenes is 1. The van der Waals surface area contributed by atoms with Crippen molar-refractivity contribution in [1.29, 1.82) is 0 Å². The van der Waals surface area contributed by atoms with Gasteiger partial charge in [0.25, 0.3) is 5.60 Å². The number of imidazole rings is 1. The molecule has 13 heteroatoms. The van der Waals surface area contributed by atoms with Gasteiger partial charge < -0.3 is 30.1 Å². The number of aliphatic hydroxyl groups is 1. The fraction of sp³-hybridized carbons (Fsp3) is 0.375. The molecule has 1 aromatic carbocycles. The standard InChI is InChI=1S/C24H24ClN5O7/c1-2-15-10-17(30-13-27-18-19(26-8-9-31)28-23(25)29-20(18)30)37-16(15)12-36-24(21(32)33,22(34)35)11-14-6-4-3-5-7-14/h1,3-7,13,15-17,31H,8-12H2,(H,32,33)(H,34,35)(H,26,28,29). The van der Waals surface area contributed by atoms with Crippen LogP contribution in [0.25, 0.3) is 11.2 Å². The maximum atomic E-state index is 12.1. The van der Waals surface area contributed by atoms with Crippen molar-refractivity contribution in [3.63, 3.8) is 0 Å². The van der Waals surface area contributed by atoms with Gasteiger partial charge in [-0.3, -0.25) is 4.57 Å². The average molecular weight is 530 g/mol. The highest BCUT2D eigenvalue weighted by atomic mass is 35.5. The summed E-state index contributed by atoms with van der Waals surface area (Å²) in [6.07, 6.45) is 5.66. The van der Waals surface area contributed by atoms with Crippen molar-refractivity contribution < 1.29 is 34.4 Å². The van der Waals surface area contributed by atoms with Gasteiger partial charge in [-0.25, -0.2) is 14.6 Å². The van der Waals surface area contributed by atoms with E-state index in [1.807, 2.05) is 0 Å². The highest BCUT2D eigenvalue weighted by Crippen LogP contribution is 2.36. The summed E-state index contributed by atoms with van der Waals surface area (Å²) in [5.41, 5.74) is -1.29. The van der Waals surface area contributed by atoms with Gasteiger partial charge in [-0.1, -0.05) is 30.3 Å². The van der Waals surface area contributed by atoms with Crippen molar-refractivity contribution >= 4 is 40.5 Å². The van der Waals surface area contributed by atoms with Gasteiger partial charge >= 0.3 is 11.9 Å². The normalized spacial score (nSPS) is 19.5. The van der Waals surface area contributed by atoms with E-state index in [1.54, 1.807) is 34.9 Å². The zero-order chi connectivity index (χ0) is 26.6. The van der Waals surface area contributed by atoms with Crippen LogP contribution in [0.3, 0.4) is 0 Å². The van der Waals surface area contributed by atoms with E-state index < -0.39 is 35.8 Å². The molecule has 1 saturated heterocycles. The summed E-state index contributed by atoms with van der Waals surface area (Å²) >= 11 is 6.08. The fourth-order valence-corrected chi connectivity index (χ4v) is 4.32. The molecule has 0 bridgehead atoms. The zero-order valence-electron chi connectivity index (χ0n) is 19.5. The second-order valence-corrected chi connectivity index (χ2v) is 8.70. The molecular formula is C24H24ClN5O7. The first-order valence-electron chi connectivity index (χ1n) is 11.3. The molecule has 3 unspecified atom stereocenters. The predicted molar refractivity (Wildman–Crippen MR) is 131 cm³/mol. The SMILES string of the molecule is C#CC1CC(n2cnc3c(NCCO)nc(Cl)nc32)OC1COC(Cc1ccccc1)(C(=O)O)C(=O)O. The Morgan fingerprint density at radius 2 is 2.00 bits per heavy atom. The van der Waals surface area contributed by atoms with Crippen molar-refractivity contribution in [1.82, 2.24) is 19.5 Å². The third-order valence-corrected chi connectivity index (χ3v) is 6.21. The van der Waals surface area contributed by atoms with Crippen molar-refractivity contribution in [2.45, 2.75) is 30.8 Å². The zero-order valence-corrected chi connectivity index (χ0v) is 20.2. The lowest BCUT2D eigenvalue weighted by Crippen LogP contribution is -2.52. The minimum Gasteiger partial charge on any atom is -0.479 e. The minimum absolute atomic E-state index is 0.0466. The third-order valence-electron chi connectivity index (χ3n) is 6.04. The summed E-state index contributed by atoms with van der Waals surface area (Å²) < 4.78 is 13.3. The molecule has 12 nitrogen and oxygen atoms in total. The maximum absolute atomic E-state index is 12.1. The Morgan fingerprint density at radius 3 is 2.65 bits per heavy atom. The topological polar surface area (TPSA) is 169 Å². The maximum Gasteiger partial charge on any atom is 0.348 e. The number of hydrogen-bond donors (Lipinski definition) is 4. The molecule has 1 aliphatic heterocycles. The van der Waals surface area contributed by atoms with E-state index in [9.17, 15) is 19.8 Å². The quantitative estimate of drug-likeness (QED) is 0.161. The molecule has 194 valence electrons. The smallest absolute Gasteiger partial charge is 0.348 e. The summed E-state index contributed by atoms with van der Waals surface area (Å²) in [4.78, 5) is 36.9. The fourth-order valence-electron chi connectivity index (χ4n) is 4.15. The highest BCUT2D eigenvalue weighted by molar-refractivity contribution is 6.28. The van der Waals surface area contributed by atoms with Crippen LogP contribution in [0.2, 0.25) is 5.28 Å². The number of rotatable bonds is 11. The van der Waals surface area contributed by atoms with Gasteiger partial charge in [0.15, 0.2) is 17.0 Å². The van der Waals surface area contributed by atoms with Gasteiger partial charge in [-0.05, 0) is 17.2 Å². The van der Waals surface area contributed by atoms with E-state index in [4.69, 9.17) is 32.6 Å². The molecule has 4 rings (SSSR count). The first-order chi connectivity index (χ1) is 17.8. The van der Waals surface area contributed by atoms with Gasteiger partial charge in [0, 0.05) is 19.4 Å². The van der Waals surface area contributed by atoms with E-state index in [0.29, 0.717) is 29.0 Å². The molecule has 0 spiro atoms. The number of aliphatic hydroxyl groups excluding tert-OH is 1. The predicted octanol–water partition coefficient (Wildman–Crippen LogP) is 1.59. The molecule has 3 atom stereocenters. The number of benzene rings is 1. The summed E-state index contributed by atoms with van der Waals surface area (Å²) in [7, 11) is 0. The number of nitrogens with zero attached hydrogens (tertiary/aromatic N) is 4. The van der Waals surface area contributed by atoms with Crippen LogP contribution in [0, 0.1) is 18.3 Å². The number of fused-ring (bicyclic) bond motifs is 1. The Kier molecular flexibility index (Phi) is 7.89. The largest absolute Gasteiger partial charge is 0.479 e. The monoisotopic (exact) mass is 529 g/mol. The molecule has 0 aliphatic carbocycles. The lowest BCUT2D eigenvalue weighted by atomic mass is 9.94. The number of nitrogens with one attached hydrogen (secondary N) is 1. The van der Waals surface area contributed by atoms with Gasteiger partial charge in [-0.15, -0.1) is 12.3 Å². The first kappa shape index (κ1) is 26.3. The lowest BCUT2D eigenvalue weighted by Gasteiger charge is -2.27. The van der Waals surface area contributed by atoms with E-state index >= 15 is 0 Å². The number of aliphatic carboxylic acids is 2. The van der Waals surface area contributed by atoms with Crippen molar-refractivity contribution in [3.8, 4) is 12.3 Å². The average Bonchev–Trinajstić information content (AvgIpc) is 3.49. The van der Waals surface area contributed by atoms with Crippen LogP contribution in [0.1, 0.15) is 18.2 Å². The Bertz CT molecular complexity index is 1310. The van der Waals surface area contributed by atoms with Crippen LogP contribution in [0.15, 0.2) is 36.7 Å². The van der Waals surface area contributed by atoms with Crippen molar-refractivity contribution in [2.75, 3.05) is 25.1 Å². The molecule has 3 aromatic rings. The van der Waals surface area contributed by atoms with Crippen LogP contribution in [-0.4, -0.2) is 78.2 Å². The molecule has 3 heterocycles. The molecule has 0 saturated carbocycles. The van der Waals surface area contributed by atoms with Crippen LogP contribution >= 0.6 is 11.6 Å². The van der Waals surface area contributed by atoms with Crippen LogP contribution in [0.5, 0.6) is 0 Å². The van der Waals surface area contributed by atoms with Crippen LogP contribution in [0.4, 0.5) is 5.82 Å². The molecule has 0 radical (unpaired) electrons. The van der Waals surface area contributed by atoms with Crippen molar-refractivity contribution in [3.05, 3.63) is 47.5 Å². The molecule has 1 fully saturated rings. The lowest BCUT2D eigenvalue weighted by molar-refractivity contribution is -0.188. The second-order valence-electron chi connectivity index (χ2n) is 8.36. The van der Waals surface area contributed by atoms with Crippen molar-refractivity contribution in [2.24, 2.45) is 5.92 Å². The number of carbonyl (C=O) groups is 2. The Labute approximate surface area is 216 Å².